The van der Waals surface area contributed by atoms with Gasteiger partial charge in [-0.3, -0.25) is 9.59 Å². The molecule has 0 unspecified atom stereocenters. The zero-order valence-electron chi connectivity index (χ0n) is 13.6. The van der Waals surface area contributed by atoms with E-state index in [4.69, 9.17) is 4.74 Å². The van der Waals surface area contributed by atoms with Crippen molar-refractivity contribution in [1.82, 2.24) is 4.90 Å². The van der Waals surface area contributed by atoms with Gasteiger partial charge in [-0.05, 0) is 55.7 Å². The predicted molar refractivity (Wildman–Crippen MR) is 85.3 cm³/mol. The van der Waals surface area contributed by atoms with Crippen LogP contribution in [0.1, 0.15) is 24.0 Å². The molecule has 2 aliphatic rings. The minimum atomic E-state index is -0.785. The second-order valence-electron chi connectivity index (χ2n) is 6.80. The summed E-state index contributed by atoms with van der Waals surface area (Å²) in [6.07, 6.45) is 2.19. The Morgan fingerprint density at radius 3 is 2.65 bits per heavy atom. The molecule has 1 aliphatic heterocycles. The number of carbonyl (C=O) groups is 2. The summed E-state index contributed by atoms with van der Waals surface area (Å²) in [6, 6.07) is 5.89. The zero-order valence-corrected chi connectivity index (χ0v) is 13.6. The van der Waals surface area contributed by atoms with Gasteiger partial charge in [-0.2, -0.15) is 0 Å². The van der Waals surface area contributed by atoms with Crippen molar-refractivity contribution in [2.45, 2.75) is 26.7 Å². The summed E-state index contributed by atoms with van der Waals surface area (Å²) in [7, 11) is 0. The van der Waals surface area contributed by atoms with Crippen LogP contribution in [-0.2, 0) is 9.59 Å². The van der Waals surface area contributed by atoms with Crippen LogP contribution in [-0.4, -0.2) is 41.6 Å². The summed E-state index contributed by atoms with van der Waals surface area (Å²) in [5, 5.41) is 9.37. The number of carboxylic acid groups (broad SMARTS) is 1. The maximum Gasteiger partial charge on any atom is 0.308 e. The molecular weight excluding hydrogens is 294 g/mol. The van der Waals surface area contributed by atoms with E-state index >= 15 is 0 Å². The summed E-state index contributed by atoms with van der Waals surface area (Å²) in [5.74, 6) is -0.0304. The Bertz CT molecular complexity index is 623. The summed E-state index contributed by atoms with van der Waals surface area (Å²) in [5.41, 5.74) is 2.07. The van der Waals surface area contributed by atoms with Gasteiger partial charge in [-0.15, -0.1) is 0 Å². The van der Waals surface area contributed by atoms with E-state index in [-0.39, 0.29) is 18.4 Å². The number of carboxylic acids is 1. The van der Waals surface area contributed by atoms with E-state index in [1.54, 1.807) is 4.90 Å². The number of aliphatic carboxylic acids is 1. The number of likely N-dealkylation sites (tertiary alicyclic amines) is 1. The first kappa shape index (κ1) is 15.8. The number of hydrogen-bond donors (Lipinski definition) is 1. The normalized spacial score (nSPS) is 23.8. The van der Waals surface area contributed by atoms with Gasteiger partial charge >= 0.3 is 5.97 Å². The highest BCUT2D eigenvalue weighted by molar-refractivity contribution is 5.80. The number of rotatable bonds is 5. The van der Waals surface area contributed by atoms with Crippen molar-refractivity contribution in [3.63, 3.8) is 0 Å². The molecule has 1 aromatic carbocycles. The molecule has 2 fully saturated rings. The van der Waals surface area contributed by atoms with Crippen molar-refractivity contribution < 1.29 is 19.4 Å². The maximum absolute atomic E-state index is 12.4. The Labute approximate surface area is 136 Å². The number of nitrogens with zero attached hydrogens (tertiary/aromatic N) is 1. The molecule has 0 radical (unpaired) electrons. The van der Waals surface area contributed by atoms with Crippen molar-refractivity contribution in [1.29, 1.82) is 0 Å². The smallest absolute Gasteiger partial charge is 0.308 e. The van der Waals surface area contributed by atoms with Crippen molar-refractivity contribution in [2.75, 3.05) is 19.7 Å². The molecule has 0 spiro atoms. The molecule has 1 saturated heterocycles. The largest absolute Gasteiger partial charge is 0.483 e. The van der Waals surface area contributed by atoms with Gasteiger partial charge in [0.25, 0.3) is 5.91 Å². The first-order valence-electron chi connectivity index (χ1n) is 8.16. The van der Waals surface area contributed by atoms with Crippen molar-refractivity contribution in [3.8, 4) is 5.75 Å². The highest BCUT2D eigenvalue weighted by atomic mass is 16.5. The van der Waals surface area contributed by atoms with E-state index < -0.39 is 11.9 Å². The molecule has 23 heavy (non-hydrogen) atoms. The van der Waals surface area contributed by atoms with E-state index in [1.165, 1.54) is 0 Å². The van der Waals surface area contributed by atoms with Gasteiger partial charge in [0.2, 0.25) is 0 Å². The summed E-state index contributed by atoms with van der Waals surface area (Å²) >= 11 is 0. The molecule has 1 aliphatic carbocycles. The van der Waals surface area contributed by atoms with E-state index in [9.17, 15) is 14.7 Å². The molecule has 1 saturated carbocycles. The van der Waals surface area contributed by atoms with Gasteiger partial charge in [0, 0.05) is 13.1 Å². The second kappa shape index (κ2) is 6.22. The number of ether oxygens (including phenoxy) is 1. The van der Waals surface area contributed by atoms with Crippen LogP contribution in [0.3, 0.4) is 0 Å². The number of carbonyl (C=O) groups excluding carboxylic acids is 1. The summed E-state index contributed by atoms with van der Waals surface area (Å²) < 4.78 is 5.66. The molecule has 124 valence electrons. The van der Waals surface area contributed by atoms with E-state index in [0.29, 0.717) is 24.8 Å². The molecule has 0 bridgehead atoms. The monoisotopic (exact) mass is 317 g/mol. The minimum absolute atomic E-state index is 0.0337. The van der Waals surface area contributed by atoms with Crippen molar-refractivity contribution in [2.24, 2.45) is 17.8 Å². The third kappa shape index (κ3) is 3.49. The fourth-order valence-corrected chi connectivity index (χ4v) is 3.39. The van der Waals surface area contributed by atoms with Crippen LogP contribution in [0.25, 0.3) is 0 Å². The fourth-order valence-electron chi connectivity index (χ4n) is 3.39. The van der Waals surface area contributed by atoms with Crippen LogP contribution >= 0.6 is 0 Å². The van der Waals surface area contributed by atoms with Gasteiger partial charge in [-0.25, -0.2) is 0 Å². The standard InChI is InChI=1S/C18H23NO4/c1-11-3-4-12(2)16(7-11)23-10-17(20)19-8-14(13-5-6-13)15(9-19)18(21)22/h3-4,7,13-15H,5-6,8-10H2,1-2H3,(H,21,22)/t14-,15+/m1/s1. The maximum atomic E-state index is 12.4. The Morgan fingerprint density at radius 1 is 1.26 bits per heavy atom. The number of amides is 1. The van der Waals surface area contributed by atoms with Crippen LogP contribution in [0.4, 0.5) is 0 Å². The molecule has 3 rings (SSSR count). The lowest BCUT2D eigenvalue weighted by atomic mass is 9.92. The number of benzene rings is 1. The molecule has 1 N–H and O–H groups in total. The predicted octanol–water partition coefficient (Wildman–Crippen LogP) is 2.25. The average molecular weight is 317 g/mol. The minimum Gasteiger partial charge on any atom is -0.483 e. The molecule has 2 atom stereocenters. The van der Waals surface area contributed by atoms with Crippen molar-refractivity contribution in [3.05, 3.63) is 29.3 Å². The summed E-state index contributed by atoms with van der Waals surface area (Å²) in [6.45, 7) is 4.75. The molecule has 1 amide bonds. The second-order valence-corrected chi connectivity index (χ2v) is 6.80. The fraction of sp³-hybridized carbons (Fsp3) is 0.556. The van der Waals surface area contributed by atoms with Crippen LogP contribution in [0, 0.1) is 31.6 Å². The lowest BCUT2D eigenvalue weighted by Gasteiger charge is -2.17. The quantitative estimate of drug-likeness (QED) is 0.904. The van der Waals surface area contributed by atoms with Crippen LogP contribution in [0.2, 0.25) is 0 Å². The van der Waals surface area contributed by atoms with E-state index in [0.717, 1.165) is 24.0 Å². The van der Waals surface area contributed by atoms with Crippen molar-refractivity contribution >= 4 is 11.9 Å². The van der Waals surface area contributed by atoms with Gasteiger partial charge in [0.05, 0.1) is 5.92 Å². The highest BCUT2D eigenvalue weighted by Gasteiger charge is 2.46. The molecular formula is C18H23NO4. The van der Waals surface area contributed by atoms with E-state index in [2.05, 4.69) is 0 Å². The van der Waals surface area contributed by atoms with Gasteiger partial charge < -0.3 is 14.7 Å². The molecule has 1 aromatic rings. The van der Waals surface area contributed by atoms with Crippen LogP contribution in [0.5, 0.6) is 5.75 Å². The zero-order chi connectivity index (χ0) is 16.6. The molecule has 5 nitrogen and oxygen atoms in total. The van der Waals surface area contributed by atoms with Crippen LogP contribution < -0.4 is 4.74 Å². The topological polar surface area (TPSA) is 66.8 Å². The van der Waals surface area contributed by atoms with Gasteiger partial charge in [-0.1, -0.05) is 12.1 Å². The number of hydrogen-bond acceptors (Lipinski definition) is 3. The highest BCUT2D eigenvalue weighted by Crippen LogP contribution is 2.44. The van der Waals surface area contributed by atoms with Gasteiger partial charge in [0.1, 0.15) is 5.75 Å². The lowest BCUT2D eigenvalue weighted by molar-refractivity contribution is -0.142. The first-order chi connectivity index (χ1) is 11.0. The SMILES string of the molecule is Cc1ccc(C)c(OCC(=O)N2C[C@H](C(=O)O)[C@@H](C3CC3)C2)c1. The van der Waals surface area contributed by atoms with Crippen LogP contribution in [0.15, 0.2) is 18.2 Å². The molecule has 1 heterocycles. The Morgan fingerprint density at radius 2 is 2.00 bits per heavy atom. The summed E-state index contributed by atoms with van der Waals surface area (Å²) in [4.78, 5) is 25.4. The lowest BCUT2D eigenvalue weighted by Crippen LogP contribution is -2.34. The Kier molecular flexibility index (Phi) is 4.28. The Balaban J connectivity index is 1.60. The number of aryl methyl sites for hydroxylation is 2. The average Bonchev–Trinajstić information content (AvgIpc) is 3.26. The molecule has 0 aromatic heterocycles. The third-order valence-corrected chi connectivity index (χ3v) is 4.96. The Hall–Kier alpha value is -2.04. The first-order valence-corrected chi connectivity index (χ1v) is 8.16. The third-order valence-electron chi connectivity index (χ3n) is 4.96. The van der Waals surface area contributed by atoms with E-state index in [1.807, 2.05) is 32.0 Å². The van der Waals surface area contributed by atoms with Gasteiger partial charge in [0.15, 0.2) is 6.61 Å². The molecule has 5 heteroatoms.